The van der Waals surface area contributed by atoms with Gasteiger partial charge in [0.25, 0.3) is 0 Å². The molecular weight excluding hydrogens is 220 g/mol. The maximum absolute atomic E-state index is 11.7. The SMILES string of the molecule is CC(C)(C)C(CC(=O)O)NC(=O)NC1CCC1. The molecule has 1 fully saturated rings. The Morgan fingerprint density at radius 1 is 1.35 bits per heavy atom. The van der Waals surface area contributed by atoms with Crippen molar-refractivity contribution >= 4 is 12.0 Å². The number of carboxylic acids is 1. The van der Waals surface area contributed by atoms with Gasteiger partial charge in [-0.3, -0.25) is 4.79 Å². The van der Waals surface area contributed by atoms with Crippen molar-refractivity contribution in [1.82, 2.24) is 10.6 Å². The number of aliphatic carboxylic acids is 1. The molecule has 0 bridgehead atoms. The molecule has 0 radical (unpaired) electrons. The second-order valence-corrected chi connectivity index (χ2v) is 5.76. The van der Waals surface area contributed by atoms with E-state index in [4.69, 9.17) is 5.11 Å². The highest BCUT2D eigenvalue weighted by atomic mass is 16.4. The summed E-state index contributed by atoms with van der Waals surface area (Å²) in [5, 5.41) is 14.4. The quantitative estimate of drug-likeness (QED) is 0.702. The minimum absolute atomic E-state index is 0.0540. The normalized spacial score (nSPS) is 18.1. The van der Waals surface area contributed by atoms with E-state index in [2.05, 4.69) is 10.6 Å². The molecule has 5 heteroatoms. The van der Waals surface area contributed by atoms with Gasteiger partial charge < -0.3 is 15.7 Å². The standard InChI is InChI=1S/C12H22N2O3/c1-12(2,3)9(7-10(15)16)14-11(17)13-8-5-4-6-8/h8-9H,4-7H2,1-3H3,(H,15,16)(H2,13,14,17). The monoisotopic (exact) mass is 242 g/mol. The van der Waals surface area contributed by atoms with Crippen LogP contribution in [0.15, 0.2) is 0 Å². The van der Waals surface area contributed by atoms with Crippen molar-refractivity contribution in [2.45, 2.75) is 58.5 Å². The molecule has 5 nitrogen and oxygen atoms in total. The maximum atomic E-state index is 11.7. The molecule has 0 aromatic heterocycles. The van der Waals surface area contributed by atoms with Gasteiger partial charge in [0.1, 0.15) is 0 Å². The van der Waals surface area contributed by atoms with Gasteiger partial charge >= 0.3 is 12.0 Å². The Morgan fingerprint density at radius 3 is 2.29 bits per heavy atom. The van der Waals surface area contributed by atoms with Gasteiger partial charge in [-0.1, -0.05) is 20.8 Å². The second kappa shape index (κ2) is 5.38. The van der Waals surface area contributed by atoms with Gasteiger partial charge in [-0.2, -0.15) is 0 Å². The minimum atomic E-state index is -0.895. The second-order valence-electron chi connectivity index (χ2n) is 5.76. The Labute approximate surface area is 102 Å². The number of hydrogen-bond acceptors (Lipinski definition) is 2. The van der Waals surface area contributed by atoms with Crippen LogP contribution in [0.25, 0.3) is 0 Å². The summed E-state index contributed by atoms with van der Waals surface area (Å²) in [5.74, 6) is -0.895. The number of carbonyl (C=O) groups is 2. The lowest BCUT2D eigenvalue weighted by Gasteiger charge is -2.32. The maximum Gasteiger partial charge on any atom is 0.315 e. The molecule has 1 atom stereocenters. The smallest absolute Gasteiger partial charge is 0.315 e. The summed E-state index contributed by atoms with van der Waals surface area (Å²) >= 11 is 0. The molecule has 0 aliphatic heterocycles. The number of rotatable bonds is 4. The molecule has 1 aliphatic carbocycles. The average molecular weight is 242 g/mol. The topological polar surface area (TPSA) is 78.4 Å². The summed E-state index contributed by atoms with van der Waals surface area (Å²) in [4.78, 5) is 22.4. The van der Waals surface area contributed by atoms with Crippen molar-refractivity contribution in [3.63, 3.8) is 0 Å². The van der Waals surface area contributed by atoms with Crippen LogP contribution >= 0.6 is 0 Å². The first-order valence-electron chi connectivity index (χ1n) is 6.08. The molecule has 98 valence electrons. The lowest BCUT2D eigenvalue weighted by Crippen LogP contribution is -2.52. The van der Waals surface area contributed by atoms with Gasteiger partial charge in [-0.15, -0.1) is 0 Å². The summed E-state index contributed by atoms with van der Waals surface area (Å²) in [7, 11) is 0. The molecule has 0 saturated heterocycles. The summed E-state index contributed by atoms with van der Waals surface area (Å²) in [6.45, 7) is 5.76. The summed E-state index contributed by atoms with van der Waals surface area (Å²) in [5.41, 5.74) is -0.269. The zero-order valence-electron chi connectivity index (χ0n) is 10.7. The van der Waals surface area contributed by atoms with E-state index in [-0.39, 0.29) is 30.0 Å². The summed E-state index contributed by atoms with van der Waals surface area (Å²) in [6, 6.07) is -0.351. The molecule has 0 heterocycles. The number of amides is 2. The zero-order chi connectivity index (χ0) is 13.1. The lowest BCUT2D eigenvalue weighted by atomic mass is 9.85. The Kier molecular flexibility index (Phi) is 4.37. The molecule has 0 aromatic carbocycles. The van der Waals surface area contributed by atoms with Crippen LogP contribution in [0.3, 0.4) is 0 Å². The predicted molar refractivity (Wildman–Crippen MR) is 64.8 cm³/mol. The van der Waals surface area contributed by atoms with Crippen molar-refractivity contribution in [2.24, 2.45) is 5.41 Å². The van der Waals surface area contributed by atoms with Crippen molar-refractivity contribution < 1.29 is 14.7 Å². The number of nitrogens with one attached hydrogen (secondary N) is 2. The fraction of sp³-hybridized carbons (Fsp3) is 0.833. The highest BCUT2D eigenvalue weighted by Gasteiger charge is 2.29. The van der Waals surface area contributed by atoms with Crippen LogP contribution in [0.1, 0.15) is 46.5 Å². The first-order valence-corrected chi connectivity index (χ1v) is 6.08. The van der Waals surface area contributed by atoms with Gasteiger partial charge in [-0.05, 0) is 24.7 Å². The van der Waals surface area contributed by atoms with E-state index in [1.54, 1.807) is 0 Å². The molecule has 2 amide bonds. The number of hydrogen-bond donors (Lipinski definition) is 3. The van der Waals surface area contributed by atoms with Crippen molar-refractivity contribution in [3.05, 3.63) is 0 Å². The van der Waals surface area contributed by atoms with Crippen molar-refractivity contribution in [3.8, 4) is 0 Å². The van der Waals surface area contributed by atoms with Gasteiger partial charge in [-0.25, -0.2) is 4.79 Å². The molecule has 1 saturated carbocycles. The molecular formula is C12H22N2O3. The van der Waals surface area contributed by atoms with E-state index in [1.165, 1.54) is 0 Å². The van der Waals surface area contributed by atoms with Crippen LogP contribution in [0.5, 0.6) is 0 Å². The molecule has 0 aromatic rings. The minimum Gasteiger partial charge on any atom is -0.481 e. The molecule has 3 N–H and O–H groups in total. The predicted octanol–water partition coefficient (Wildman–Crippen LogP) is 1.73. The van der Waals surface area contributed by atoms with Crippen LogP contribution < -0.4 is 10.6 Å². The van der Waals surface area contributed by atoms with Crippen LogP contribution in [0, 0.1) is 5.41 Å². The van der Waals surface area contributed by atoms with Gasteiger partial charge in [0, 0.05) is 12.1 Å². The van der Waals surface area contributed by atoms with Gasteiger partial charge in [0.05, 0.1) is 6.42 Å². The number of urea groups is 1. The third kappa shape index (κ3) is 4.63. The highest BCUT2D eigenvalue weighted by molar-refractivity contribution is 5.76. The van der Waals surface area contributed by atoms with Gasteiger partial charge in [0.15, 0.2) is 0 Å². The van der Waals surface area contributed by atoms with E-state index in [0.717, 1.165) is 19.3 Å². The Bertz CT molecular complexity index is 293. The van der Waals surface area contributed by atoms with E-state index in [0.29, 0.717) is 0 Å². The Morgan fingerprint density at radius 2 is 1.94 bits per heavy atom. The Balaban J connectivity index is 2.46. The van der Waals surface area contributed by atoms with Crippen molar-refractivity contribution in [1.29, 1.82) is 0 Å². The Hall–Kier alpha value is -1.26. The first kappa shape index (κ1) is 13.8. The fourth-order valence-electron chi connectivity index (χ4n) is 1.69. The van der Waals surface area contributed by atoms with Crippen molar-refractivity contribution in [2.75, 3.05) is 0 Å². The lowest BCUT2D eigenvalue weighted by molar-refractivity contribution is -0.138. The third-order valence-electron chi connectivity index (χ3n) is 3.17. The first-order chi connectivity index (χ1) is 7.79. The molecule has 1 aliphatic rings. The molecule has 1 unspecified atom stereocenters. The van der Waals surface area contributed by atoms with Gasteiger partial charge in [0.2, 0.25) is 0 Å². The van der Waals surface area contributed by atoms with Crippen LogP contribution in [-0.4, -0.2) is 29.2 Å². The molecule has 1 rings (SSSR count). The highest BCUT2D eigenvalue weighted by Crippen LogP contribution is 2.22. The largest absolute Gasteiger partial charge is 0.481 e. The van der Waals surface area contributed by atoms with E-state index in [1.807, 2.05) is 20.8 Å². The van der Waals surface area contributed by atoms with Crippen LogP contribution in [0.4, 0.5) is 4.79 Å². The zero-order valence-corrected chi connectivity index (χ0v) is 10.7. The van der Waals surface area contributed by atoms with Crippen LogP contribution in [-0.2, 0) is 4.79 Å². The summed E-state index contributed by atoms with van der Waals surface area (Å²) < 4.78 is 0. The fourth-order valence-corrected chi connectivity index (χ4v) is 1.69. The average Bonchev–Trinajstić information content (AvgIpc) is 2.08. The van der Waals surface area contributed by atoms with E-state index < -0.39 is 5.97 Å². The summed E-state index contributed by atoms with van der Waals surface area (Å²) in [6.07, 6.45) is 3.14. The van der Waals surface area contributed by atoms with E-state index in [9.17, 15) is 9.59 Å². The molecule has 17 heavy (non-hydrogen) atoms. The molecule has 0 spiro atoms. The van der Waals surface area contributed by atoms with Crippen LogP contribution in [0.2, 0.25) is 0 Å². The number of carbonyl (C=O) groups excluding carboxylic acids is 1. The van der Waals surface area contributed by atoms with E-state index >= 15 is 0 Å². The number of carboxylic acid groups (broad SMARTS) is 1. The third-order valence-corrected chi connectivity index (χ3v) is 3.17.